The Morgan fingerprint density at radius 1 is 0.871 bits per heavy atom. The molecule has 1 aliphatic heterocycles. The molecule has 3 aromatic rings. The van der Waals surface area contributed by atoms with Crippen LogP contribution in [0.1, 0.15) is 31.8 Å². The van der Waals surface area contributed by atoms with E-state index in [2.05, 4.69) is 93.7 Å². The maximum absolute atomic E-state index is 7.62. The van der Waals surface area contributed by atoms with Gasteiger partial charge in [0.2, 0.25) is 0 Å². The predicted octanol–water partition coefficient (Wildman–Crippen LogP) is 8.47. The number of hydrogen-bond donors (Lipinski definition) is 1. The van der Waals surface area contributed by atoms with Crippen LogP contribution in [0.25, 0.3) is 17.2 Å². The molecule has 6 rings (SSSR count). The van der Waals surface area contributed by atoms with E-state index < -0.39 is 14.9 Å². The minimum absolute atomic E-state index is 0.0625. The summed E-state index contributed by atoms with van der Waals surface area (Å²) in [5, 5.41) is 0. The van der Waals surface area contributed by atoms with Gasteiger partial charge in [-0.3, -0.25) is 0 Å². The van der Waals surface area contributed by atoms with Gasteiger partial charge in [-0.25, -0.2) is 0 Å². The topological polar surface area (TPSA) is 12.4 Å². The summed E-state index contributed by atoms with van der Waals surface area (Å²) in [6.45, 7) is 0. The van der Waals surface area contributed by atoms with Crippen LogP contribution in [0.15, 0.2) is 91.2 Å². The normalized spacial score (nSPS) is 20.1. The Hall–Kier alpha value is -0.897. The molecule has 0 amide bonds. The number of hydrogen-bond acceptors (Lipinski definition) is 2. The molecule has 0 saturated carbocycles. The minimum atomic E-state index is -4.94. The molecule has 3 aliphatic rings. The second kappa shape index (κ2) is 7.05. The van der Waals surface area contributed by atoms with Crippen molar-refractivity contribution >= 4 is 54.6 Å². The molecular formula is C25H17BrCl2NSZr. The maximum atomic E-state index is 7.62. The fraction of sp³-hybridized carbons (Fsp3) is 0.0800. The Bertz CT molecular complexity index is 1320. The molecule has 6 heteroatoms. The Morgan fingerprint density at radius 3 is 2.19 bits per heavy atom. The van der Waals surface area contributed by atoms with Crippen molar-refractivity contribution in [1.82, 2.24) is 0 Å². The standard InChI is InChI=1S/C13H9.C12H7BrN.2ClH.H2S.Zr/c1-3-7-12-10(5-1)9-11-6-2-4-8-13(11)12;13-10-1-2-11-9(6-10)5-8-3-4-14-7-12(8)11;;;;/h1-9H;1-2,4-7,12H;2*1H;1H2;/q;;;;;+3/p-3. The molecule has 1 heterocycles. The third kappa shape index (κ3) is 3.02. The van der Waals surface area contributed by atoms with Crippen molar-refractivity contribution in [1.29, 1.82) is 0 Å². The van der Waals surface area contributed by atoms with Crippen molar-refractivity contribution in [3.05, 3.63) is 109 Å². The van der Waals surface area contributed by atoms with Gasteiger partial charge in [0.05, 0.1) is 0 Å². The third-order valence-electron chi connectivity index (χ3n) is 6.58. The van der Waals surface area contributed by atoms with Gasteiger partial charge in [0.15, 0.2) is 0 Å². The van der Waals surface area contributed by atoms with E-state index in [0.29, 0.717) is 0 Å². The summed E-state index contributed by atoms with van der Waals surface area (Å²) in [4.78, 5) is 4.61. The van der Waals surface area contributed by atoms with Crippen molar-refractivity contribution < 1.29 is 14.9 Å². The van der Waals surface area contributed by atoms with Crippen LogP contribution in [-0.2, 0) is 14.9 Å². The van der Waals surface area contributed by atoms with Gasteiger partial charge in [0.1, 0.15) is 0 Å². The molecule has 1 nitrogen and oxygen atoms in total. The van der Waals surface area contributed by atoms with E-state index in [-0.39, 0.29) is 9.54 Å². The number of fused-ring (bicyclic) bond motifs is 6. The van der Waals surface area contributed by atoms with E-state index in [1.54, 1.807) is 0 Å². The summed E-state index contributed by atoms with van der Waals surface area (Å²) < 4.78 is 1.84. The molecule has 0 bridgehead atoms. The summed E-state index contributed by atoms with van der Waals surface area (Å²) in [5.74, 6) is 0.0625. The number of benzene rings is 3. The summed E-state index contributed by atoms with van der Waals surface area (Å²) in [5.41, 5.74) is 8.27. The van der Waals surface area contributed by atoms with Crippen molar-refractivity contribution in [2.45, 2.75) is 9.54 Å². The summed E-state index contributed by atoms with van der Waals surface area (Å²) >= 11 is -1.35. The SMILES string of the molecule is [SH][Zr]([Cl])([Cl])([C]1=CN=CC2C1=Cc1cc(Br)ccc12)[CH]1c2ccccc2-c2ccccc21. The number of allylic oxidation sites excluding steroid dienone is 2. The predicted molar refractivity (Wildman–Crippen MR) is 136 cm³/mol. The second-order valence-corrected chi connectivity index (χ2v) is 36.1. The molecular weight excluding hydrogens is 588 g/mol. The number of halogens is 3. The first-order valence-electron chi connectivity index (χ1n) is 10.1. The molecule has 31 heavy (non-hydrogen) atoms. The van der Waals surface area contributed by atoms with Crippen molar-refractivity contribution in [3.63, 3.8) is 0 Å². The van der Waals surface area contributed by atoms with Gasteiger partial charge in [-0.1, -0.05) is 0 Å². The molecule has 0 N–H and O–H groups in total. The fourth-order valence-electron chi connectivity index (χ4n) is 5.28. The van der Waals surface area contributed by atoms with Crippen LogP contribution >= 0.6 is 42.3 Å². The van der Waals surface area contributed by atoms with Crippen LogP contribution in [0.4, 0.5) is 0 Å². The second-order valence-electron chi connectivity index (χ2n) is 8.33. The average Bonchev–Trinajstić information content (AvgIpc) is 3.28. The quantitative estimate of drug-likeness (QED) is 0.282. The summed E-state index contributed by atoms with van der Waals surface area (Å²) in [7, 11) is 20.5. The van der Waals surface area contributed by atoms with E-state index in [9.17, 15) is 0 Å². The third-order valence-corrected chi connectivity index (χ3v) is 22.4. The summed E-state index contributed by atoms with van der Waals surface area (Å²) in [6, 6.07) is 23.2. The molecule has 3 aromatic carbocycles. The molecule has 0 spiro atoms. The van der Waals surface area contributed by atoms with Crippen LogP contribution < -0.4 is 0 Å². The van der Waals surface area contributed by atoms with Crippen molar-refractivity contribution in [2.75, 3.05) is 0 Å². The van der Waals surface area contributed by atoms with Gasteiger partial charge in [0, 0.05) is 0 Å². The number of nitrogens with zero attached hydrogens (tertiary/aromatic N) is 1. The van der Waals surface area contributed by atoms with Crippen LogP contribution in [0.2, 0.25) is 0 Å². The van der Waals surface area contributed by atoms with Gasteiger partial charge in [0.25, 0.3) is 0 Å². The van der Waals surface area contributed by atoms with E-state index in [1.807, 2.05) is 12.4 Å². The van der Waals surface area contributed by atoms with Crippen molar-refractivity contribution in [2.24, 2.45) is 4.99 Å². The van der Waals surface area contributed by atoms with Gasteiger partial charge < -0.3 is 0 Å². The first-order chi connectivity index (χ1) is 14.8. The first-order valence-corrected chi connectivity index (χ1v) is 23.6. The monoisotopic (exact) mass is 602 g/mol. The molecule has 0 fully saturated rings. The van der Waals surface area contributed by atoms with E-state index in [1.165, 1.54) is 33.4 Å². The van der Waals surface area contributed by atoms with Crippen LogP contribution in [0.3, 0.4) is 0 Å². The first kappa shape index (κ1) is 20.7. The van der Waals surface area contributed by atoms with Crippen LogP contribution in [0.5, 0.6) is 0 Å². The zero-order valence-electron chi connectivity index (χ0n) is 16.3. The van der Waals surface area contributed by atoms with Gasteiger partial charge in [-0.15, -0.1) is 0 Å². The Labute approximate surface area is 201 Å². The Morgan fingerprint density at radius 2 is 1.52 bits per heavy atom. The molecule has 1 atom stereocenters. The molecule has 1 unspecified atom stereocenters. The van der Waals surface area contributed by atoms with E-state index in [0.717, 1.165) is 13.3 Å². The number of aliphatic imine (C=N–C) groups is 1. The van der Waals surface area contributed by atoms with E-state index >= 15 is 0 Å². The molecule has 2 aliphatic carbocycles. The number of rotatable bonds is 2. The Kier molecular flexibility index (Phi) is 4.71. The van der Waals surface area contributed by atoms with Gasteiger partial charge in [-0.2, -0.15) is 0 Å². The number of thiol groups is 1. The molecule has 153 valence electrons. The van der Waals surface area contributed by atoms with Crippen LogP contribution in [-0.4, -0.2) is 6.21 Å². The van der Waals surface area contributed by atoms with Crippen molar-refractivity contribution in [3.8, 4) is 11.1 Å². The average molecular weight is 606 g/mol. The fourth-order valence-corrected chi connectivity index (χ4v) is 20.2. The van der Waals surface area contributed by atoms with Crippen LogP contribution in [0, 0.1) is 0 Å². The van der Waals surface area contributed by atoms with E-state index in [4.69, 9.17) is 26.4 Å². The molecule has 0 aromatic heterocycles. The Balaban J connectivity index is 1.56. The zero-order chi connectivity index (χ0) is 21.4. The molecule has 0 radical (unpaired) electrons. The zero-order valence-corrected chi connectivity index (χ0v) is 22.7. The molecule has 0 saturated heterocycles. The van der Waals surface area contributed by atoms with Gasteiger partial charge >= 0.3 is 204 Å². The van der Waals surface area contributed by atoms with Gasteiger partial charge in [-0.05, 0) is 0 Å². The summed E-state index contributed by atoms with van der Waals surface area (Å²) in [6.07, 6.45) is 6.06.